The van der Waals surface area contributed by atoms with E-state index in [1.165, 1.54) is 0 Å². The van der Waals surface area contributed by atoms with Gasteiger partial charge in [-0.2, -0.15) is 0 Å². The summed E-state index contributed by atoms with van der Waals surface area (Å²) in [6.07, 6.45) is 0. The molecule has 0 aliphatic heterocycles. The van der Waals surface area contributed by atoms with E-state index in [1.807, 2.05) is 0 Å². The maximum Gasteiger partial charge on any atom is 0.361 e. The lowest BCUT2D eigenvalue weighted by Crippen LogP contribution is -2.08. The third-order valence-corrected chi connectivity index (χ3v) is 8.33. The third kappa shape index (κ3) is 5.54. The fraction of sp³-hybridized carbons (Fsp3) is 0.200. The predicted molar refractivity (Wildman–Crippen MR) is 91.8 cm³/mol. The van der Waals surface area contributed by atoms with Crippen LogP contribution in [0.3, 0.4) is 0 Å². The van der Waals surface area contributed by atoms with Crippen LogP contribution < -0.4 is 0 Å². The zero-order valence-corrected chi connectivity index (χ0v) is 15.1. The lowest BCUT2D eigenvalue weighted by molar-refractivity contribution is 0.190. The highest BCUT2D eigenvalue weighted by atomic mass is 35.5. The molecule has 0 amide bonds. The fourth-order valence-electron chi connectivity index (χ4n) is 1.82. The second-order valence-corrected chi connectivity index (χ2v) is 10.2. The second-order valence-electron chi connectivity index (χ2n) is 4.96. The Morgan fingerprint density at radius 2 is 1.21 bits per heavy atom. The molecule has 0 saturated carbocycles. The summed E-state index contributed by atoms with van der Waals surface area (Å²) in [6, 6.07) is 17.5. The average Bonchev–Trinajstić information content (AvgIpc) is 2.58. The van der Waals surface area contributed by atoms with Gasteiger partial charge in [0.05, 0.1) is 13.2 Å². The minimum atomic E-state index is -4.87. The van der Waals surface area contributed by atoms with Crippen molar-refractivity contribution in [3.05, 3.63) is 71.8 Å². The maximum atomic E-state index is 12.8. The minimum absolute atomic E-state index is 0.143. The van der Waals surface area contributed by atoms with Gasteiger partial charge in [-0.05, 0) is 11.1 Å². The fourth-order valence-corrected chi connectivity index (χ4v) is 5.01. The van der Waals surface area contributed by atoms with Crippen molar-refractivity contribution in [3.63, 3.8) is 0 Å². The van der Waals surface area contributed by atoms with Gasteiger partial charge in [-0.15, -0.1) is 0 Å². The molecule has 0 radical (unpaired) electrons. The molecule has 0 aliphatic carbocycles. The Morgan fingerprint density at radius 3 is 1.54 bits per heavy atom. The number of hydrogen-bond acceptors (Lipinski definition) is 4. The smallest absolute Gasteiger partial charge is 0.323 e. The van der Waals surface area contributed by atoms with Gasteiger partial charge in [-0.25, -0.2) is 0 Å². The molecule has 0 heterocycles. The van der Waals surface area contributed by atoms with Crippen molar-refractivity contribution in [2.75, 3.05) is 0 Å². The highest BCUT2D eigenvalue weighted by molar-refractivity contribution is 7.74. The molecular weight excluding hydrogens is 374 g/mol. The molecular formula is C15H17ClO6P2. The number of rotatable bonds is 8. The van der Waals surface area contributed by atoms with Crippen molar-refractivity contribution in [2.45, 2.75) is 18.1 Å². The summed E-state index contributed by atoms with van der Waals surface area (Å²) in [5.74, 6) is 0. The molecule has 130 valence electrons. The molecule has 0 aromatic heterocycles. The summed E-state index contributed by atoms with van der Waals surface area (Å²) < 4.78 is 34.7. The Bertz CT molecular complexity index is 687. The molecule has 0 aliphatic rings. The van der Waals surface area contributed by atoms with E-state index in [0.717, 1.165) is 0 Å². The summed E-state index contributed by atoms with van der Waals surface area (Å²) in [5, 5.41) is 0. The van der Waals surface area contributed by atoms with Crippen molar-refractivity contribution in [2.24, 2.45) is 0 Å². The maximum absolute atomic E-state index is 12.8. The van der Waals surface area contributed by atoms with Crippen LogP contribution in [0.1, 0.15) is 11.1 Å². The van der Waals surface area contributed by atoms with E-state index in [1.54, 1.807) is 60.7 Å². The summed E-state index contributed by atoms with van der Waals surface area (Å²) >= 11 is 5.72. The topological polar surface area (TPSA) is 93.1 Å². The number of hydrogen-bond donors (Lipinski definition) is 2. The molecule has 0 bridgehead atoms. The lowest BCUT2D eigenvalue weighted by Gasteiger charge is -2.23. The van der Waals surface area contributed by atoms with Crippen LogP contribution >= 0.6 is 26.8 Å². The SMILES string of the molecule is O=P(O)(O)C(Cl)P(=O)(OCc1ccccc1)OCc1ccccc1. The Kier molecular flexibility index (Phi) is 6.79. The van der Waals surface area contributed by atoms with Crippen molar-refractivity contribution in [1.82, 2.24) is 0 Å². The van der Waals surface area contributed by atoms with Gasteiger partial charge < -0.3 is 18.8 Å². The largest absolute Gasteiger partial charge is 0.361 e. The third-order valence-electron chi connectivity index (χ3n) is 3.05. The Balaban J connectivity index is 2.14. The Labute approximate surface area is 145 Å². The standard InChI is InChI=1S/C15H17ClO6P2/c16-15(23(17,18)19)24(20,21-11-13-7-3-1-4-8-13)22-12-14-9-5-2-6-10-14/h1-10,15H,11-12H2,(H2,17,18,19). The van der Waals surface area contributed by atoms with E-state index in [0.29, 0.717) is 11.1 Å². The highest BCUT2D eigenvalue weighted by Gasteiger charge is 2.46. The molecule has 0 fully saturated rings. The van der Waals surface area contributed by atoms with Crippen molar-refractivity contribution < 1.29 is 28.0 Å². The van der Waals surface area contributed by atoms with Gasteiger partial charge in [0.15, 0.2) is 0 Å². The van der Waals surface area contributed by atoms with Crippen LogP contribution in [-0.4, -0.2) is 14.6 Å². The zero-order valence-electron chi connectivity index (χ0n) is 12.6. The van der Waals surface area contributed by atoms with Gasteiger partial charge in [-0.1, -0.05) is 72.3 Å². The molecule has 1 atom stereocenters. The first-order chi connectivity index (χ1) is 11.3. The van der Waals surface area contributed by atoms with Crippen LogP contribution in [0.4, 0.5) is 0 Å². The highest BCUT2D eigenvalue weighted by Crippen LogP contribution is 2.68. The first-order valence-corrected chi connectivity index (χ1v) is 10.7. The van der Waals surface area contributed by atoms with Gasteiger partial charge >= 0.3 is 15.2 Å². The summed E-state index contributed by atoms with van der Waals surface area (Å²) in [4.78, 5) is 16.5. The van der Waals surface area contributed by atoms with Gasteiger partial charge in [0.2, 0.25) is 4.86 Å². The molecule has 2 N–H and O–H groups in total. The summed E-state index contributed by atoms with van der Waals surface area (Å²) in [5.41, 5.74) is 1.35. The van der Waals surface area contributed by atoms with Gasteiger partial charge in [0, 0.05) is 0 Å². The Morgan fingerprint density at radius 1 is 0.833 bits per heavy atom. The van der Waals surface area contributed by atoms with Gasteiger partial charge in [0.25, 0.3) is 0 Å². The van der Waals surface area contributed by atoms with Gasteiger partial charge in [0.1, 0.15) is 0 Å². The van der Waals surface area contributed by atoms with E-state index in [4.69, 9.17) is 20.6 Å². The second kappa shape index (κ2) is 8.41. The number of halogens is 1. The van der Waals surface area contributed by atoms with Crippen LogP contribution in [0, 0.1) is 0 Å². The molecule has 24 heavy (non-hydrogen) atoms. The average molecular weight is 391 g/mol. The quantitative estimate of drug-likeness (QED) is 0.515. The first-order valence-electron chi connectivity index (χ1n) is 6.97. The van der Waals surface area contributed by atoms with Crippen molar-refractivity contribution in [3.8, 4) is 0 Å². The molecule has 0 spiro atoms. The van der Waals surface area contributed by atoms with Crippen molar-refractivity contribution in [1.29, 1.82) is 0 Å². The van der Waals surface area contributed by atoms with Crippen molar-refractivity contribution >= 4 is 26.8 Å². The number of benzene rings is 2. The molecule has 6 nitrogen and oxygen atoms in total. The lowest BCUT2D eigenvalue weighted by atomic mass is 10.2. The normalized spacial score (nSPS) is 13.6. The Hall–Kier alpha value is -0.970. The zero-order chi connectivity index (χ0) is 17.6. The van der Waals surface area contributed by atoms with E-state index in [-0.39, 0.29) is 13.2 Å². The van der Waals surface area contributed by atoms with Crippen LogP contribution in [0.5, 0.6) is 0 Å². The summed E-state index contributed by atoms with van der Waals surface area (Å²) in [7, 11) is -9.13. The molecule has 0 saturated heterocycles. The summed E-state index contributed by atoms with van der Waals surface area (Å²) in [6.45, 7) is -0.285. The minimum Gasteiger partial charge on any atom is -0.323 e. The van der Waals surface area contributed by atoms with E-state index in [2.05, 4.69) is 0 Å². The monoisotopic (exact) mass is 390 g/mol. The van der Waals surface area contributed by atoms with E-state index >= 15 is 0 Å². The molecule has 2 aromatic rings. The molecule has 2 aromatic carbocycles. The van der Waals surface area contributed by atoms with E-state index < -0.39 is 20.1 Å². The molecule has 9 heteroatoms. The number of alkyl halides is 1. The van der Waals surface area contributed by atoms with E-state index in [9.17, 15) is 18.9 Å². The van der Waals surface area contributed by atoms with Crippen LogP contribution in [0.15, 0.2) is 60.7 Å². The predicted octanol–water partition coefficient (Wildman–Crippen LogP) is 4.31. The van der Waals surface area contributed by atoms with Crippen LogP contribution in [0.2, 0.25) is 0 Å². The molecule has 1 unspecified atom stereocenters. The van der Waals surface area contributed by atoms with Gasteiger partial charge in [-0.3, -0.25) is 9.13 Å². The molecule has 2 rings (SSSR count). The van der Waals surface area contributed by atoms with Crippen LogP contribution in [-0.2, 0) is 31.4 Å². The first kappa shape index (κ1) is 19.4. The van der Waals surface area contributed by atoms with Crippen LogP contribution in [0.25, 0.3) is 0 Å².